The van der Waals surface area contributed by atoms with Crippen molar-refractivity contribution in [3.63, 3.8) is 0 Å². The molecule has 0 aromatic heterocycles. The molecule has 8 N–H and O–H groups in total. The van der Waals surface area contributed by atoms with Gasteiger partial charge >= 0.3 is 23.9 Å². The average molecular weight is 567 g/mol. The van der Waals surface area contributed by atoms with E-state index in [-0.39, 0.29) is 31.8 Å². The number of rotatable bonds is 15. The van der Waals surface area contributed by atoms with E-state index < -0.39 is 23.9 Å². The minimum Gasteiger partial charge on any atom is -0.478 e. The van der Waals surface area contributed by atoms with Crippen LogP contribution < -0.4 is 0 Å². The summed E-state index contributed by atoms with van der Waals surface area (Å²) in [7, 11) is 0. The van der Waals surface area contributed by atoms with E-state index in [0.717, 1.165) is 75.7 Å². The lowest BCUT2D eigenvalue weighted by Gasteiger charge is -2.27. The van der Waals surface area contributed by atoms with Crippen LogP contribution in [0.4, 0.5) is 0 Å². The topological polar surface area (TPSA) is 230 Å². The van der Waals surface area contributed by atoms with Crippen molar-refractivity contribution in [3.05, 3.63) is 50.6 Å². The average Bonchev–Trinajstić information content (AvgIpc) is 2.93. The number of unbranched alkanes of at least 4 members (excludes halogenated alkanes) is 4. The predicted molar refractivity (Wildman–Crippen MR) is 150 cm³/mol. The maximum atomic E-state index is 9.25. The van der Waals surface area contributed by atoms with Crippen LogP contribution in [0.25, 0.3) is 0 Å². The summed E-state index contributed by atoms with van der Waals surface area (Å²) >= 11 is 0. The Labute approximate surface area is 231 Å². The number of carboxylic acids is 4. The van der Waals surface area contributed by atoms with Gasteiger partial charge in [-0.1, -0.05) is 65.8 Å². The SMILES string of the molecule is C=CC(=O)O.C=CC(=O)O.C=CC(=O)O.C=CC(=O)O.CCCCC(CC)(CO)CO.OCCCCCCO. The van der Waals surface area contributed by atoms with Gasteiger partial charge in [-0.15, -0.1) is 0 Å². The molecule has 0 unspecified atom stereocenters. The van der Waals surface area contributed by atoms with Gasteiger partial charge < -0.3 is 40.9 Å². The summed E-state index contributed by atoms with van der Waals surface area (Å²) in [6, 6.07) is 0. The second kappa shape index (κ2) is 41.8. The van der Waals surface area contributed by atoms with Crippen LogP contribution in [0.1, 0.15) is 65.2 Å². The molecule has 0 bridgehead atoms. The molecule has 12 nitrogen and oxygen atoms in total. The van der Waals surface area contributed by atoms with E-state index in [1.54, 1.807) is 0 Å². The normalized spacial score (nSPS) is 8.67. The summed E-state index contributed by atoms with van der Waals surface area (Å²) in [5, 5.41) is 65.1. The Morgan fingerprint density at radius 3 is 0.949 bits per heavy atom. The van der Waals surface area contributed by atoms with Gasteiger partial charge in [-0.3, -0.25) is 0 Å². The lowest BCUT2D eigenvalue weighted by Crippen LogP contribution is -2.28. The molecule has 0 saturated heterocycles. The molecule has 0 aliphatic carbocycles. The van der Waals surface area contributed by atoms with E-state index in [4.69, 9.17) is 40.9 Å². The van der Waals surface area contributed by atoms with E-state index in [1.807, 2.05) is 6.92 Å². The molecular formula is C27H50O12. The first-order valence-corrected chi connectivity index (χ1v) is 12.1. The van der Waals surface area contributed by atoms with Crippen LogP contribution in [0, 0.1) is 5.41 Å². The molecule has 0 aliphatic heterocycles. The van der Waals surface area contributed by atoms with E-state index >= 15 is 0 Å². The highest BCUT2D eigenvalue weighted by Crippen LogP contribution is 2.27. The van der Waals surface area contributed by atoms with Crippen LogP contribution in [0.15, 0.2) is 50.6 Å². The Balaban J connectivity index is -0.0000000869. The maximum Gasteiger partial charge on any atom is 0.327 e. The number of hydrogen-bond acceptors (Lipinski definition) is 8. The molecule has 39 heavy (non-hydrogen) atoms. The van der Waals surface area contributed by atoms with Gasteiger partial charge in [0.25, 0.3) is 0 Å². The highest BCUT2D eigenvalue weighted by Gasteiger charge is 2.25. The smallest absolute Gasteiger partial charge is 0.327 e. The van der Waals surface area contributed by atoms with Crippen LogP contribution in [0.2, 0.25) is 0 Å². The van der Waals surface area contributed by atoms with Crippen LogP contribution in [0.5, 0.6) is 0 Å². The molecule has 12 heteroatoms. The van der Waals surface area contributed by atoms with Crippen molar-refractivity contribution in [2.75, 3.05) is 26.4 Å². The molecule has 0 atom stereocenters. The maximum absolute atomic E-state index is 9.25. The van der Waals surface area contributed by atoms with Crippen molar-refractivity contribution < 1.29 is 60.0 Å². The second-order valence-corrected chi connectivity index (χ2v) is 7.30. The molecule has 230 valence electrons. The fourth-order valence-corrected chi connectivity index (χ4v) is 1.74. The van der Waals surface area contributed by atoms with Crippen LogP contribution in [-0.2, 0) is 19.2 Å². The molecule has 0 saturated carbocycles. The van der Waals surface area contributed by atoms with Crippen molar-refractivity contribution >= 4 is 23.9 Å². The number of hydrogen-bond donors (Lipinski definition) is 8. The molecule has 0 rings (SSSR count). The minimum absolute atomic E-state index is 0.111. The summed E-state index contributed by atoms with van der Waals surface area (Å²) in [6.45, 7) is 16.8. The third-order valence-corrected chi connectivity index (χ3v) is 4.25. The zero-order chi connectivity index (χ0) is 32.1. The standard InChI is InChI=1S/C9H20O2.C6H14O2.4C3H4O2/c1-3-5-6-9(4-2,7-10)8-11;7-5-3-1-2-4-6-8;4*1-2-3(4)5/h10-11H,3-8H2,1-2H3;7-8H,1-6H2;4*2H,1H2,(H,4,5). The molecule has 0 radical (unpaired) electrons. The number of carboxylic acid groups (broad SMARTS) is 4. The van der Waals surface area contributed by atoms with E-state index in [0.29, 0.717) is 0 Å². The third-order valence-electron chi connectivity index (χ3n) is 4.25. The van der Waals surface area contributed by atoms with Crippen LogP contribution in [0.3, 0.4) is 0 Å². The largest absolute Gasteiger partial charge is 0.478 e. The first-order valence-electron chi connectivity index (χ1n) is 12.1. The first kappa shape index (κ1) is 48.7. The quantitative estimate of drug-likeness (QED) is 0.106. The number of aliphatic hydroxyl groups is 4. The van der Waals surface area contributed by atoms with Gasteiger partial charge in [-0.25, -0.2) is 19.2 Å². The first-order chi connectivity index (χ1) is 18.2. The Bertz CT molecular complexity index is 540. The zero-order valence-corrected chi connectivity index (χ0v) is 23.3. The van der Waals surface area contributed by atoms with E-state index in [1.165, 1.54) is 0 Å². The molecule has 0 spiro atoms. The Morgan fingerprint density at radius 1 is 0.564 bits per heavy atom. The van der Waals surface area contributed by atoms with Crippen molar-refractivity contribution in [1.82, 2.24) is 0 Å². The van der Waals surface area contributed by atoms with Gasteiger partial charge in [0.1, 0.15) is 0 Å². The number of aliphatic carboxylic acids is 4. The molecular weight excluding hydrogens is 516 g/mol. The van der Waals surface area contributed by atoms with Gasteiger partial charge in [0.15, 0.2) is 0 Å². The van der Waals surface area contributed by atoms with Gasteiger partial charge in [0, 0.05) is 42.9 Å². The molecule has 0 aliphatic rings. The van der Waals surface area contributed by atoms with Crippen LogP contribution >= 0.6 is 0 Å². The Hall–Kier alpha value is -3.32. The summed E-state index contributed by atoms with van der Waals surface area (Å²) in [4.78, 5) is 37.0. The molecule has 0 aromatic rings. The van der Waals surface area contributed by atoms with E-state index in [9.17, 15) is 19.2 Å². The van der Waals surface area contributed by atoms with Gasteiger partial charge in [-0.05, 0) is 25.7 Å². The summed E-state index contributed by atoms with van der Waals surface area (Å²) < 4.78 is 0. The lowest BCUT2D eigenvalue weighted by molar-refractivity contribution is -0.132. The minimum atomic E-state index is -0.981. The van der Waals surface area contributed by atoms with Crippen molar-refractivity contribution in [2.45, 2.75) is 65.2 Å². The lowest BCUT2D eigenvalue weighted by atomic mass is 9.82. The molecule has 0 amide bonds. The second-order valence-electron chi connectivity index (χ2n) is 7.30. The Morgan fingerprint density at radius 2 is 0.821 bits per heavy atom. The Kier molecular flexibility index (Phi) is 52.2. The number of aliphatic hydroxyl groups excluding tert-OH is 4. The van der Waals surface area contributed by atoms with Gasteiger partial charge in [0.2, 0.25) is 0 Å². The van der Waals surface area contributed by atoms with Crippen molar-refractivity contribution in [3.8, 4) is 0 Å². The summed E-state index contributed by atoms with van der Waals surface area (Å²) in [5.41, 5.74) is -0.212. The number of carbonyl (C=O) groups is 4. The zero-order valence-electron chi connectivity index (χ0n) is 23.3. The summed E-state index contributed by atoms with van der Waals surface area (Å²) in [6.07, 6.45) is 11.2. The summed E-state index contributed by atoms with van der Waals surface area (Å²) in [5.74, 6) is -3.93. The molecule has 0 heterocycles. The third kappa shape index (κ3) is 66.1. The highest BCUT2D eigenvalue weighted by atomic mass is 16.4. The van der Waals surface area contributed by atoms with Crippen molar-refractivity contribution in [2.24, 2.45) is 5.41 Å². The van der Waals surface area contributed by atoms with Crippen LogP contribution in [-0.4, -0.2) is 91.2 Å². The highest BCUT2D eigenvalue weighted by molar-refractivity contribution is 5.79. The van der Waals surface area contributed by atoms with E-state index in [2.05, 4.69) is 33.2 Å². The molecule has 0 fully saturated rings. The van der Waals surface area contributed by atoms with Gasteiger partial charge in [-0.2, -0.15) is 0 Å². The van der Waals surface area contributed by atoms with Crippen molar-refractivity contribution in [1.29, 1.82) is 0 Å². The molecule has 0 aromatic carbocycles. The predicted octanol–water partition coefficient (Wildman–Crippen LogP) is 3.12. The fourth-order valence-electron chi connectivity index (χ4n) is 1.74. The monoisotopic (exact) mass is 566 g/mol. The van der Waals surface area contributed by atoms with Gasteiger partial charge in [0.05, 0.1) is 13.2 Å². The fraction of sp³-hybridized carbons (Fsp3) is 0.556.